The van der Waals surface area contributed by atoms with Gasteiger partial charge >= 0.3 is 5.97 Å². The average Bonchev–Trinajstić information content (AvgIpc) is 3.19. The second-order valence-corrected chi connectivity index (χ2v) is 8.19. The second-order valence-electron chi connectivity index (χ2n) is 7.35. The lowest BCUT2D eigenvalue weighted by Gasteiger charge is -2.17. The number of halogens is 2. The van der Waals surface area contributed by atoms with Crippen molar-refractivity contribution in [1.29, 1.82) is 0 Å². The van der Waals surface area contributed by atoms with Gasteiger partial charge < -0.3 is 9.47 Å². The molecule has 0 aliphatic rings. The van der Waals surface area contributed by atoms with Gasteiger partial charge in [-0.1, -0.05) is 41.4 Å². The van der Waals surface area contributed by atoms with Gasteiger partial charge in [-0.15, -0.1) is 0 Å². The molecule has 0 unspecified atom stereocenters. The van der Waals surface area contributed by atoms with Gasteiger partial charge in [0.15, 0.2) is 0 Å². The number of rotatable bonds is 7. The van der Waals surface area contributed by atoms with Crippen molar-refractivity contribution >= 4 is 29.2 Å². The van der Waals surface area contributed by atoms with E-state index in [0.29, 0.717) is 40.4 Å². The number of aryl methyl sites for hydroxylation is 1. The maximum Gasteiger partial charge on any atom is 0.338 e. The molecular weight excluding hydrogens is 459 g/mol. The summed E-state index contributed by atoms with van der Waals surface area (Å²) in [5.74, 6) is 0.831. The molecule has 0 saturated carbocycles. The number of carbonyl (C=O) groups excluding carboxylic acids is 1. The summed E-state index contributed by atoms with van der Waals surface area (Å²) in [7, 11) is 0. The Labute approximate surface area is 202 Å². The molecule has 0 aliphatic carbocycles. The molecule has 0 bridgehead atoms. The van der Waals surface area contributed by atoms with Crippen LogP contribution in [-0.4, -0.2) is 22.1 Å². The summed E-state index contributed by atoms with van der Waals surface area (Å²) in [6.07, 6.45) is 1.59. The highest BCUT2D eigenvalue weighted by Crippen LogP contribution is 2.39. The van der Waals surface area contributed by atoms with Crippen molar-refractivity contribution in [3.63, 3.8) is 0 Å². The minimum absolute atomic E-state index is 0.304. The molecule has 2 aromatic carbocycles. The lowest BCUT2D eigenvalue weighted by molar-refractivity contribution is 0.0526. The van der Waals surface area contributed by atoms with Gasteiger partial charge in [-0.3, -0.25) is 4.57 Å². The van der Waals surface area contributed by atoms with E-state index >= 15 is 0 Å². The first-order valence-electron chi connectivity index (χ1n) is 10.5. The number of aromatic nitrogens is 2. The van der Waals surface area contributed by atoms with Crippen LogP contribution in [-0.2, 0) is 11.3 Å². The zero-order valence-electron chi connectivity index (χ0n) is 18.2. The van der Waals surface area contributed by atoms with E-state index in [4.69, 9.17) is 32.7 Å². The van der Waals surface area contributed by atoms with Crippen LogP contribution >= 0.6 is 23.2 Å². The summed E-state index contributed by atoms with van der Waals surface area (Å²) in [4.78, 5) is 16.7. The monoisotopic (exact) mass is 480 g/mol. The molecule has 0 N–H and O–H groups in total. The minimum Gasteiger partial charge on any atom is -0.488 e. The first-order chi connectivity index (χ1) is 16.0. The molecule has 0 radical (unpaired) electrons. The van der Waals surface area contributed by atoms with E-state index in [1.165, 1.54) is 0 Å². The van der Waals surface area contributed by atoms with E-state index in [9.17, 15) is 4.79 Å². The molecule has 0 atom stereocenters. The normalized spacial score (nSPS) is 10.8. The molecule has 33 heavy (non-hydrogen) atoms. The van der Waals surface area contributed by atoms with E-state index in [2.05, 4.69) is 4.98 Å². The van der Waals surface area contributed by atoms with E-state index in [-0.39, 0.29) is 0 Å². The molecule has 7 heteroatoms. The van der Waals surface area contributed by atoms with Gasteiger partial charge in [-0.2, -0.15) is 0 Å². The number of benzene rings is 2. The van der Waals surface area contributed by atoms with Gasteiger partial charge in [0, 0.05) is 16.9 Å². The van der Waals surface area contributed by atoms with Crippen LogP contribution < -0.4 is 4.74 Å². The summed E-state index contributed by atoms with van der Waals surface area (Å²) in [5, 5.41) is 1.22. The van der Waals surface area contributed by atoms with E-state index in [0.717, 1.165) is 22.5 Å². The van der Waals surface area contributed by atoms with Gasteiger partial charge in [0.1, 0.15) is 18.2 Å². The molecule has 2 heterocycles. The van der Waals surface area contributed by atoms with Crippen molar-refractivity contribution in [2.45, 2.75) is 20.5 Å². The molecule has 168 valence electrons. The minimum atomic E-state index is -0.391. The number of ether oxygens (including phenoxy) is 2. The quantitative estimate of drug-likeness (QED) is 0.269. The Morgan fingerprint density at radius 2 is 1.82 bits per heavy atom. The molecule has 0 saturated heterocycles. The Kier molecular flexibility index (Phi) is 7.02. The zero-order valence-corrected chi connectivity index (χ0v) is 19.7. The second kappa shape index (κ2) is 10.1. The van der Waals surface area contributed by atoms with Crippen LogP contribution in [0.3, 0.4) is 0 Å². The predicted molar refractivity (Wildman–Crippen MR) is 130 cm³/mol. The molecule has 4 aromatic rings. The number of nitrogens with zero attached hydrogens (tertiary/aromatic N) is 2. The largest absolute Gasteiger partial charge is 0.488 e. The van der Waals surface area contributed by atoms with Crippen molar-refractivity contribution < 1.29 is 14.3 Å². The highest BCUT2D eigenvalue weighted by Gasteiger charge is 2.19. The van der Waals surface area contributed by atoms with Crippen LogP contribution in [0.15, 0.2) is 72.9 Å². The van der Waals surface area contributed by atoms with Crippen LogP contribution in [0.25, 0.3) is 17.1 Å². The third-order valence-electron chi connectivity index (χ3n) is 5.10. The number of hydrogen-bond acceptors (Lipinski definition) is 4. The Bertz CT molecular complexity index is 1280. The molecule has 0 amide bonds. The fourth-order valence-corrected chi connectivity index (χ4v) is 3.92. The molecule has 2 aromatic heterocycles. The SMILES string of the molecule is CCOC(=O)c1ccnc(-n2c(C)ccc2-c2c(Cl)cccc2OCc2ccc(Cl)cc2)c1. The Hall–Kier alpha value is -3.28. The van der Waals surface area contributed by atoms with Crippen LogP contribution in [0.2, 0.25) is 10.0 Å². The topological polar surface area (TPSA) is 53.3 Å². The van der Waals surface area contributed by atoms with Gasteiger partial charge in [0.2, 0.25) is 0 Å². The van der Waals surface area contributed by atoms with Gasteiger partial charge in [-0.25, -0.2) is 9.78 Å². The van der Waals surface area contributed by atoms with E-state index < -0.39 is 5.97 Å². The van der Waals surface area contributed by atoms with Crippen LogP contribution in [0.5, 0.6) is 5.75 Å². The smallest absolute Gasteiger partial charge is 0.338 e. The lowest BCUT2D eigenvalue weighted by Crippen LogP contribution is -2.08. The van der Waals surface area contributed by atoms with Crippen molar-refractivity contribution in [3.8, 4) is 22.8 Å². The van der Waals surface area contributed by atoms with Crippen molar-refractivity contribution in [2.24, 2.45) is 0 Å². The molecule has 0 fully saturated rings. The summed E-state index contributed by atoms with van der Waals surface area (Å²) in [6.45, 7) is 4.41. The zero-order chi connectivity index (χ0) is 23.4. The van der Waals surface area contributed by atoms with Crippen molar-refractivity contribution in [1.82, 2.24) is 9.55 Å². The van der Waals surface area contributed by atoms with Gasteiger partial charge in [0.25, 0.3) is 0 Å². The third kappa shape index (κ3) is 5.05. The summed E-state index contributed by atoms with van der Waals surface area (Å²) in [6, 6.07) is 20.3. The summed E-state index contributed by atoms with van der Waals surface area (Å²) >= 11 is 12.6. The lowest BCUT2D eigenvalue weighted by atomic mass is 10.1. The highest BCUT2D eigenvalue weighted by atomic mass is 35.5. The number of pyridine rings is 1. The first-order valence-corrected chi connectivity index (χ1v) is 11.2. The van der Waals surface area contributed by atoms with Gasteiger partial charge in [-0.05, 0) is 67.9 Å². The van der Waals surface area contributed by atoms with E-state index in [1.54, 1.807) is 25.3 Å². The fourth-order valence-electron chi connectivity index (χ4n) is 3.53. The molecule has 5 nitrogen and oxygen atoms in total. The van der Waals surface area contributed by atoms with E-state index in [1.807, 2.05) is 66.1 Å². The molecular formula is C26H22Cl2N2O3. The van der Waals surface area contributed by atoms with Crippen LogP contribution in [0, 0.1) is 6.92 Å². The predicted octanol–water partition coefficient (Wildman–Crippen LogP) is 6.91. The Morgan fingerprint density at radius 3 is 2.58 bits per heavy atom. The van der Waals surface area contributed by atoms with Crippen molar-refractivity contribution in [2.75, 3.05) is 6.61 Å². The van der Waals surface area contributed by atoms with Crippen LogP contribution in [0.4, 0.5) is 0 Å². The number of hydrogen-bond donors (Lipinski definition) is 0. The number of esters is 1. The molecule has 4 rings (SSSR count). The first kappa shape index (κ1) is 22.9. The van der Waals surface area contributed by atoms with Gasteiger partial charge in [0.05, 0.1) is 28.5 Å². The van der Waals surface area contributed by atoms with Crippen LogP contribution in [0.1, 0.15) is 28.5 Å². The molecule has 0 aliphatic heterocycles. The standard InChI is InChI=1S/C26H22Cl2N2O3/c1-3-32-26(31)19-13-14-29-24(15-19)30-17(2)7-12-22(30)25-21(28)5-4-6-23(25)33-16-18-8-10-20(27)11-9-18/h4-15H,3,16H2,1-2H3. The maximum atomic E-state index is 12.2. The number of carbonyl (C=O) groups is 1. The Morgan fingerprint density at radius 1 is 1.03 bits per heavy atom. The fraction of sp³-hybridized carbons (Fsp3) is 0.154. The molecule has 0 spiro atoms. The third-order valence-corrected chi connectivity index (χ3v) is 5.67. The van der Waals surface area contributed by atoms with Crippen molar-refractivity contribution in [3.05, 3.63) is 99.8 Å². The average molecular weight is 481 g/mol. The maximum absolute atomic E-state index is 12.2. The summed E-state index contributed by atoms with van der Waals surface area (Å²) in [5.41, 5.74) is 3.89. The summed E-state index contributed by atoms with van der Waals surface area (Å²) < 4.78 is 13.2. The Balaban J connectivity index is 1.74. The highest BCUT2D eigenvalue weighted by molar-refractivity contribution is 6.33.